The summed E-state index contributed by atoms with van der Waals surface area (Å²) in [5.74, 6) is 0. The van der Waals surface area contributed by atoms with Crippen molar-refractivity contribution >= 4 is 54.1 Å². The van der Waals surface area contributed by atoms with Crippen molar-refractivity contribution in [1.82, 2.24) is 9.97 Å². The molecule has 0 aliphatic rings. The summed E-state index contributed by atoms with van der Waals surface area (Å²) in [4.78, 5) is 7.54. The van der Waals surface area contributed by atoms with Crippen molar-refractivity contribution in [2.75, 3.05) is 0 Å². The number of aromatic nitrogens is 2. The van der Waals surface area contributed by atoms with Crippen LogP contribution in [-0.2, 0) is 12.8 Å². The Hall–Kier alpha value is -3.26. The molecule has 2 nitrogen and oxygen atoms in total. The van der Waals surface area contributed by atoms with E-state index in [2.05, 4.69) is 84.5 Å². The average Bonchev–Trinajstić information content (AvgIpc) is 3.85. The number of unbranched alkanes of at least 4 members (excludes halogenated alkanes) is 26. The highest BCUT2D eigenvalue weighted by molar-refractivity contribution is 6.24. The third-order valence-electron chi connectivity index (χ3n) is 13.1. The van der Waals surface area contributed by atoms with Gasteiger partial charge in [-0.1, -0.05) is 217 Å². The molecule has 0 fully saturated rings. The summed E-state index contributed by atoms with van der Waals surface area (Å²) in [6.07, 6.45) is 41.8. The number of hydrogen-bond acceptors (Lipinski definition) is 0. The Kier molecular flexibility index (Phi) is 18.0. The SMILES string of the molecule is CCCCCCCCCCCCCCCCc1cc2c(ccc3c2ccc2c4ccc5[nH]c(CCCCCCCCCCCCCCCC)cc5c4ccc32)[nH]1. The van der Waals surface area contributed by atoms with Gasteiger partial charge in [0.2, 0.25) is 0 Å². The van der Waals surface area contributed by atoms with E-state index in [-0.39, 0.29) is 0 Å². The lowest BCUT2D eigenvalue weighted by molar-refractivity contribution is 0.535. The van der Waals surface area contributed by atoms with E-state index in [1.54, 1.807) is 0 Å². The molecule has 4 aromatic carbocycles. The minimum atomic E-state index is 1.15. The molecule has 0 aliphatic heterocycles. The van der Waals surface area contributed by atoms with Crippen LogP contribution in [0.25, 0.3) is 54.1 Å². The van der Waals surface area contributed by atoms with Gasteiger partial charge in [-0.25, -0.2) is 0 Å². The van der Waals surface area contributed by atoms with Gasteiger partial charge in [0.15, 0.2) is 0 Å². The minimum Gasteiger partial charge on any atom is -0.358 e. The lowest BCUT2D eigenvalue weighted by Gasteiger charge is -2.09. The van der Waals surface area contributed by atoms with Crippen LogP contribution in [-0.4, -0.2) is 9.97 Å². The predicted octanol–water partition coefficient (Wildman–Crippen LogP) is 18.2. The number of fused-ring (bicyclic) bond motifs is 9. The fourth-order valence-corrected chi connectivity index (χ4v) is 9.67. The fraction of sp³-hybridized carbons (Fsp3) is 0.593. The van der Waals surface area contributed by atoms with E-state index >= 15 is 0 Å². The summed E-state index contributed by atoms with van der Waals surface area (Å²) >= 11 is 0. The minimum absolute atomic E-state index is 1.15. The first-order valence-corrected chi connectivity index (χ1v) is 24.2. The van der Waals surface area contributed by atoms with Gasteiger partial charge in [0.25, 0.3) is 0 Å². The maximum atomic E-state index is 3.77. The highest BCUT2D eigenvalue weighted by atomic mass is 14.7. The Morgan fingerprint density at radius 3 is 0.786 bits per heavy atom. The van der Waals surface area contributed by atoms with Gasteiger partial charge >= 0.3 is 0 Å². The third-order valence-corrected chi connectivity index (χ3v) is 13.1. The zero-order valence-electron chi connectivity index (χ0n) is 36.0. The number of nitrogens with one attached hydrogen (secondary N) is 2. The second-order valence-electron chi connectivity index (χ2n) is 17.8. The van der Waals surface area contributed by atoms with Crippen LogP contribution in [0.15, 0.2) is 60.7 Å². The van der Waals surface area contributed by atoms with Crippen molar-refractivity contribution < 1.29 is 0 Å². The molecular formula is C54H78N2. The molecule has 0 radical (unpaired) electrons. The van der Waals surface area contributed by atoms with E-state index in [0.29, 0.717) is 0 Å². The van der Waals surface area contributed by atoms with Crippen LogP contribution in [0.5, 0.6) is 0 Å². The Labute approximate surface area is 341 Å². The molecule has 304 valence electrons. The van der Waals surface area contributed by atoms with Gasteiger partial charge in [0.1, 0.15) is 0 Å². The molecule has 0 bridgehead atoms. The number of aryl methyl sites for hydroxylation is 2. The smallest absolute Gasteiger partial charge is 0.0462 e. The van der Waals surface area contributed by atoms with Crippen molar-refractivity contribution in [3.05, 3.63) is 72.1 Å². The lowest BCUT2D eigenvalue weighted by atomic mass is 9.94. The van der Waals surface area contributed by atoms with Gasteiger partial charge in [-0.3, -0.25) is 0 Å². The van der Waals surface area contributed by atoms with Gasteiger partial charge in [-0.15, -0.1) is 0 Å². The first-order valence-electron chi connectivity index (χ1n) is 24.2. The van der Waals surface area contributed by atoms with Crippen LogP contribution in [0, 0.1) is 0 Å². The van der Waals surface area contributed by atoms with Gasteiger partial charge in [-0.05, 0) is 82.3 Å². The van der Waals surface area contributed by atoms with Crippen molar-refractivity contribution in [1.29, 1.82) is 0 Å². The number of rotatable bonds is 30. The molecule has 2 N–H and O–H groups in total. The Bertz CT molecular complexity index is 1860. The summed E-state index contributed by atoms with van der Waals surface area (Å²) in [6, 6.07) is 23.7. The van der Waals surface area contributed by atoms with Gasteiger partial charge in [-0.2, -0.15) is 0 Å². The average molecular weight is 755 g/mol. The fourth-order valence-electron chi connectivity index (χ4n) is 9.67. The van der Waals surface area contributed by atoms with Crippen molar-refractivity contribution in [3.8, 4) is 0 Å². The first kappa shape index (κ1) is 42.3. The zero-order valence-corrected chi connectivity index (χ0v) is 36.0. The van der Waals surface area contributed by atoms with E-state index in [4.69, 9.17) is 0 Å². The number of benzene rings is 4. The molecule has 0 saturated heterocycles. The van der Waals surface area contributed by atoms with Gasteiger partial charge < -0.3 is 9.97 Å². The van der Waals surface area contributed by atoms with E-state index in [1.165, 1.54) is 245 Å². The summed E-state index contributed by atoms with van der Waals surface area (Å²) in [5, 5.41) is 11.0. The van der Waals surface area contributed by atoms with Gasteiger partial charge in [0, 0.05) is 33.2 Å². The van der Waals surface area contributed by atoms with E-state index in [9.17, 15) is 0 Å². The quantitative estimate of drug-likeness (QED) is 0.0339. The summed E-state index contributed by atoms with van der Waals surface area (Å²) < 4.78 is 0. The third kappa shape index (κ3) is 12.4. The summed E-state index contributed by atoms with van der Waals surface area (Å²) in [5.41, 5.74) is 5.34. The number of aromatic amines is 2. The first-order chi connectivity index (χ1) is 27.8. The highest BCUT2D eigenvalue weighted by Crippen LogP contribution is 2.37. The van der Waals surface area contributed by atoms with Crippen molar-refractivity contribution in [2.24, 2.45) is 0 Å². The predicted molar refractivity (Wildman–Crippen MR) is 251 cm³/mol. The van der Waals surface area contributed by atoms with Crippen LogP contribution >= 0.6 is 0 Å². The molecule has 56 heavy (non-hydrogen) atoms. The van der Waals surface area contributed by atoms with E-state index in [0.717, 1.165) is 12.8 Å². The second-order valence-corrected chi connectivity index (χ2v) is 17.8. The molecule has 2 heterocycles. The summed E-state index contributed by atoms with van der Waals surface area (Å²) in [7, 11) is 0. The van der Waals surface area contributed by atoms with Gasteiger partial charge in [0.05, 0.1) is 0 Å². The molecule has 2 aromatic heterocycles. The summed E-state index contributed by atoms with van der Waals surface area (Å²) in [6.45, 7) is 4.61. The molecule has 0 atom stereocenters. The topological polar surface area (TPSA) is 31.6 Å². The number of H-pyrrole nitrogens is 2. The normalized spacial score (nSPS) is 12.1. The van der Waals surface area contributed by atoms with E-state index in [1.807, 2.05) is 0 Å². The van der Waals surface area contributed by atoms with Crippen LogP contribution in [0.2, 0.25) is 0 Å². The van der Waals surface area contributed by atoms with Crippen LogP contribution in [0.4, 0.5) is 0 Å². The molecule has 6 aromatic rings. The lowest BCUT2D eigenvalue weighted by Crippen LogP contribution is -1.86. The molecule has 0 spiro atoms. The van der Waals surface area contributed by atoms with E-state index < -0.39 is 0 Å². The largest absolute Gasteiger partial charge is 0.358 e. The monoisotopic (exact) mass is 755 g/mol. The maximum Gasteiger partial charge on any atom is 0.0462 e. The van der Waals surface area contributed by atoms with Crippen LogP contribution in [0.1, 0.15) is 205 Å². The molecule has 2 heteroatoms. The van der Waals surface area contributed by atoms with Crippen molar-refractivity contribution in [2.45, 2.75) is 206 Å². The Morgan fingerprint density at radius 2 is 0.500 bits per heavy atom. The molecule has 0 saturated carbocycles. The highest BCUT2D eigenvalue weighted by Gasteiger charge is 2.12. The zero-order chi connectivity index (χ0) is 38.6. The molecular weight excluding hydrogens is 677 g/mol. The maximum absolute atomic E-state index is 3.77. The molecule has 0 unspecified atom stereocenters. The number of hydrogen-bond donors (Lipinski definition) is 2. The molecule has 6 rings (SSSR count). The molecule has 0 amide bonds. The Morgan fingerprint density at radius 1 is 0.268 bits per heavy atom. The molecule has 0 aliphatic carbocycles. The standard InChI is InChI=1S/C54H78N2/c1-3-5-7-9-11-13-15-17-19-21-23-25-27-29-31-43-41-51-49-35-33-46-45(47(49)37-39-53(51)55-43)34-36-50-48(46)38-40-54-52(50)42-44(56-54)32-30-28-26-24-22-20-18-16-14-12-10-8-6-4-2/h33-42,55-56H,3-32H2,1-2H3. The van der Waals surface area contributed by atoms with Crippen LogP contribution < -0.4 is 0 Å². The van der Waals surface area contributed by atoms with Crippen LogP contribution in [0.3, 0.4) is 0 Å². The second kappa shape index (κ2) is 23.8. The Balaban J connectivity index is 0.945. The van der Waals surface area contributed by atoms with Crippen molar-refractivity contribution in [3.63, 3.8) is 0 Å².